The van der Waals surface area contributed by atoms with Crippen molar-refractivity contribution in [3.05, 3.63) is 24.3 Å². The fraction of sp³-hybridized carbons (Fsp3) is 0.125. The zero-order valence-electron chi connectivity index (χ0n) is 8.30. The van der Waals surface area contributed by atoms with Gasteiger partial charge in [0.25, 0.3) is 10.1 Å². The minimum atomic E-state index is -4.16. The summed E-state index contributed by atoms with van der Waals surface area (Å²) in [5, 5.41) is 2.47. The van der Waals surface area contributed by atoms with Gasteiger partial charge in [-0.3, -0.25) is 9.35 Å². The number of halogens is 1. The van der Waals surface area contributed by atoms with Crippen LogP contribution in [0.4, 0.5) is 5.69 Å². The predicted octanol–water partition coefficient (Wildman–Crippen LogP) is 0.0365. The number of benzene rings is 1. The normalized spacial score (nSPS) is 9.06. The van der Waals surface area contributed by atoms with Gasteiger partial charge in [-0.15, -0.1) is 24.0 Å². The van der Waals surface area contributed by atoms with E-state index in [4.69, 9.17) is 4.55 Å². The topological polar surface area (TPSA) is 115 Å². The van der Waals surface area contributed by atoms with Crippen LogP contribution in [0.25, 0.3) is 0 Å². The van der Waals surface area contributed by atoms with E-state index >= 15 is 0 Å². The van der Waals surface area contributed by atoms with Crippen molar-refractivity contribution in [2.45, 2.75) is 11.8 Å². The molecule has 0 saturated carbocycles. The van der Waals surface area contributed by atoms with Gasteiger partial charge in [0, 0.05) is 12.6 Å². The monoisotopic (exact) mass is 385 g/mol. The van der Waals surface area contributed by atoms with Gasteiger partial charge in [0.1, 0.15) is 0 Å². The van der Waals surface area contributed by atoms with E-state index in [1.807, 2.05) is 0 Å². The van der Waals surface area contributed by atoms with E-state index in [9.17, 15) is 13.2 Å². The molecule has 0 atom stereocenters. The maximum atomic E-state index is 10.6. The molecule has 0 aliphatic carbocycles. The van der Waals surface area contributed by atoms with Crippen LogP contribution < -0.4 is 5.32 Å². The van der Waals surface area contributed by atoms with Gasteiger partial charge in [-0.1, -0.05) is 0 Å². The first-order valence-corrected chi connectivity index (χ1v) is 5.19. The molecule has 1 rings (SSSR count). The molecule has 0 heterocycles. The van der Waals surface area contributed by atoms with Crippen LogP contribution in [0.1, 0.15) is 6.92 Å². The molecule has 6 nitrogen and oxygen atoms in total. The van der Waals surface area contributed by atoms with Crippen molar-refractivity contribution in [2.75, 3.05) is 5.32 Å². The van der Waals surface area contributed by atoms with Gasteiger partial charge in [0.2, 0.25) is 5.91 Å². The summed E-state index contributed by atoms with van der Waals surface area (Å²) >= 11 is 0. The second-order valence-corrected chi connectivity index (χ2v) is 4.10. The Labute approximate surface area is 139 Å². The molecule has 1 amide bonds. The van der Waals surface area contributed by atoms with Gasteiger partial charge < -0.3 is 10.8 Å². The third kappa shape index (κ3) is 8.08. The molecular formula is C8H13INNaO5S. The summed E-state index contributed by atoms with van der Waals surface area (Å²) in [6.45, 7) is 1.34. The Balaban J connectivity index is -0.000000653. The van der Waals surface area contributed by atoms with Crippen LogP contribution >= 0.6 is 24.0 Å². The van der Waals surface area contributed by atoms with E-state index < -0.39 is 10.1 Å². The fourth-order valence-electron chi connectivity index (χ4n) is 0.914. The second-order valence-electron chi connectivity index (χ2n) is 2.68. The van der Waals surface area contributed by atoms with Crippen molar-refractivity contribution in [3.8, 4) is 0 Å². The quantitative estimate of drug-likeness (QED) is 0.425. The summed E-state index contributed by atoms with van der Waals surface area (Å²) < 4.78 is 29.9. The molecule has 1 aromatic rings. The van der Waals surface area contributed by atoms with Crippen molar-refractivity contribution in [2.24, 2.45) is 0 Å². The Morgan fingerprint density at radius 2 is 1.65 bits per heavy atom. The van der Waals surface area contributed by atoms with Gasteiger partial charge in [-0.25, -0.2) is 0 Å². The summed E-state index contributed by atoms with van der Waals surface area (Å²) in [6.07, 6.45) is 0. The van der Waals surface area contributed by atoms with Gasteiger partial charge in [0.05, 0.1) is 4.90 Å². The molecule has 0 aromatic heterocycles. The number of hydrogen-bond donors (Lipinski definition) is 2. The molecule has 94 valence electrons. The Hall–Kier alpha value is 0.290. The van der Waals surface area contributed by atoms with Crippen molar-refractivity contribution in [1.29, 1.82) is 0 Å². The van der Waals surface area contributed by atoms with E-state index in [2.05, 4.69) is 5.32 Å². The molecule has 0 unspecified atom stereocenters. The summed E-state index contributed by atoms with van der Waals surface area (Å²) in [5.74, 6) is -0.246. The van der Waals surface area contributed by atoms with Crippen LogP contribution in [0, 0.1) is 0 Å². The Kier molecular flexibility index (Phi) is 12.2. The first-order chi connectivity index (χ1) is 6.39. The van der Waals surface area contributed by atoms with Crippen molar-refractivity contribution in [1.82, 2.24) is 0 Å². The number of hydrogen-bond acceptors (Lipinski definition) is 3. The van der Waals surface area contributed by atoms with Crippen LogP contribution in [0.5, 0.6) is 0 Å². The van der Waals surface area contributed by atoms with Crippen LogP contribution in [0.2, 0.25) is 0 Å². The summed E-state index contributed by atoms with van der Waals surface area (Å²) in [5.41, 5.74) is 0.477. The SMILES string of the molecule is CC(=O)Nc1ccc(S(=O)(=O)O)cc1.I.O.[NaH]. The van der Waals surface area contributed by atoms with E-state index in [1.165, 1.54) is 31.2 Å². The molecule has 0 saturated heterocycles. The average Bonchev–Trinajstić information content (AvgIpc) is 2.02. The maximum absolute atomic E-state index is 10.6. The number of carbonyl (C=O) groups is 1. The fourth-order valence-corrected chi connectivity index (χ4v) is 1.39. The zero-order chi connectivity index (χ0) is 10.8. The predicted molar refractivity (Wildman–Crippen MR) is 76.7 cm³/mol. The molecule has 4 N–H and O–H groups in total. The van der Waals surface area contributed by atoms with Gasteiger partial charge in [-0.2, -0.15) is 8.42 Å². The number of amides is 1. The summed E-state index contributed by atoms with van der Waals surface area (Å²) in [4.78, 5) is 10.4. The van der Waals surface area contributed by atoms with E-state index in [0.717, 1.165) is 0 Å². The molecule has 0 aliphatic heterocycles. The van der Waals surface area contributed by atoms with Crippen LogP contribution in [0.3, 0.4) is 0 Å². The molecule has 17 heavy (non-hydrogen) atoms. The van der Waals surface area contributed by atoms with E-state index in [1.54, 1.807) is 0 Å². The molecule has 0 radical (unpaired) electrons. The summed E-state index contributed by atoms with van der Waals surface area (Å²) in [6, 6.07) is 5.20. The van der Waals surface area contributed by atoms with Crippen molar-refractivity contribution in [3.63, 3.8) is 0 Å². The Morgan fingerprint density at radius 3 is 1.94 bits per heavy atom. The van der Waals surface area contributed by atoms with Crippen LogP contribution in [0.15, 0.2) is 29.2 Å². The molecule has 1 aromatic carbocycles. The van der Waals surface area contributed by atoms with Gasteiger partial charge >= 0.3 is 29.6 Å². The molecule has 0 bridgehead atoms. The Morgan fingerprint density at radius 1 is 1.24 bits per heavy atom. The second kappa shape index (κ2) is 9.25. The van der Waals surface area contributed by atoms with Gasteiger partial charge in [-0.05, 0) is 24.3 Å². The number of anilines is 1. The molecule has 0 aliphatic rings. The molecular weight excluding hydrogens is 372 g/mol. The van der Waals surface area contributed by atoms with Crippen LogP contribution in [-0.2, 0) is 14.9 Å². The first-order valence-electron chi connectivity index (χ1n) is 3.75. The zero-order valence-corrected chi connectivity index (χ0v) is 11.4. The van der Waals surface area contributed by atoms with E-state index in [0.29, 0.717) is 5.69 Å². The molecule has 0 spiro atoms. The van der Waals surface area contributed by atoms with Gasteiger partial charge in [0.15, 0.2) is 0 Å². The summed E-state index contributed by atoms with van der Waals surface area (Å²) in [7, 11) is -4.16. The standard InChI is InChI=1S/C8H9NO4S.HI.Na.H2O.H/c1-6(10)9-7-2-4-8(5-3-7)14(11,12)13;;;;/h2-5H,1H3,(H,9,10)(H,11,12,13);1H;;1H2;. The first kappa shape index (κ1) is 22.5. The third-order valence-corrected chi connectivity index (χ3v) is 2.34. The molecule has 0 fully saturated rings. The van der Waals surface area contributed by atoms with E-state index in [-0.39, 0.29) is 69.8 Å². The van der Waals surface area contributed by atoms with Crippen molar-refractivity contribution < 1.29 is 23.2 Å². The minimum absolute atomic E-state index is 0. The average molecular weight is 385 g/mol. The number of rotatable bonds is 2. The Bertz CT molecular complexity index is 447. The number of carbonyl (C=O) groups excluding carboxylic acids is 1. The number of nitrogens with one attached hydrogen (secondary N) is 1. The molecule has 9 heteroatoms. The van der Waals surface area contributed by atoms with Crippen molar-refractivity contribution >= 4 is 75.2 Å². The van der Waals surface area contributed by atoms with Crippen LogP contribution in [-0.4, -0.2) is 53.9 Å². The third-order valence-electron chi connectivity index (χ3n) is 1.47.